The lowest BCUT2D eigenvalue weighted by molar-refractivity contribution is -0.126. The molecule has 0 N–H and O–H groups in total. The van der Waals surface area contributed by atoms with Gasteiger partial charge in [0, 0.05) is 12.2 Å². The third-order valence-electron chi connectivity index (χ3n) is 4.37. The molecule has 1 unspecified atom stereocenters. The number of hydrogen-bond acceptors (Lipinski definition) is 3. The van der Waals surface area contributed by atoms with Gasteiger partial charge in [0.2, 0.25) is 0 Å². The summed E-state index contributed by atoms with van der Waals surface area (Å²) in [6, 6.07) is 15.1. The van der Waals surface area contributed by atoms with Crippen molar-refractivity contribution in [3.05, 3.63) is 65.2 Å². The highest BCUT2D eigenvalue weighted by Crippen LogP contribution is 2.27. The van der Waals surface area contributed by atoms with Gasteiger partial charge in [-0.1, -0.05) is 36.4 Å². The van der Waals surface area contributed by atoms with Crippen LogP contribution in [-0.2, 0) is 16.0 Å². The van der Waals surface area contributed by atoms with Crippen LogP contribution < -0.4 is 4.90 Å². The third kappa shape index (κ3) is 3.18. The number of para-hydroxylation sites is 1. The van der Waals surface area contributed by atoms with Gasteiger partial charge < -0.3 is 9.64 Å². The molecule has 4 nitrogen and oxygen atoms in total. The summed E-state index contributed by atoms with van der Waals surface area (Å²) >= 11 is 0. The second kappa shape index (κ2) is 6.87. The van der Waals surface area contributed by atoms with Crippen molar-refractivity contribution in [1.29, 1.82) is 0 Å². The summed E-state index contributed by atoms with van der Waals surface area (Å²) < 4.78 is 5.42. The first-order valence-corrected chi connectivity index (χ1v) is 8.24. The smallest absolute Gasteiger partial charge is 0.339 e. The van der Waals surface area contributed by atoms with Gasteiger partial charge in [-0.15, -0.1) is 0 Å². The summed E-state index contributed by atoms with van der Waals surface area (Å²) in [4.78, 5) is 26.8. The molecule has 0 bridgehead atoms. The number of carbonyl (C=O) groups excluding carboxylic acids is 2. The second-order valence-electron chi connectivity index (χ2n) is 6.08. The lowest BCUT2D eigenvalue weighted by atomic mass is 10.0. The Bertz CT molecular complexity index is 769. The molecule has 2 aromatic rings. The van der Waals surface area contributed by atoms with E-state index in [2.05, 4.69) is 0 Å². The summed E-state index contributed by atoms with van der Waals surface area (Å²) in [5.74, 6) is -0.636. The van der Waals surface area contributed by atoms with E-state index in [-0.39, 0.29) is 5.91 Å². The van der Waals surface area contributed by atoms with Gasteiger partial charge in [-0.05, 0) is 49.9 Å². The Morgan fingerprint density at radius 3 is 2.58 bits per heavy atom. The largest absolute Gasteiger partial charge is 0.449 e. The van der Waals surface area contributed by atoms with Crippen LogP contribution in [0, 0.1) is 6.92 Å². The molecule has 0 radical (unpaired) electrons. The van der Waals surface area contributed by atoms with E-state index in [0.29, 0.717) is 12.1 Å². The van der Waals surface area contributed by atoms with Crippen molar-refractivity contribution >= 4 is 17.6 Å². The molecule has 4 heteroatoms. The average Bonchev–Trinajstić information content (AvgIpc) is 2.60. The average molecular weight is 323 g/mol. The molecule has 1 aliphatic heterocycles. The van der Waals surface area contributed by atoms with E-state index in [1.807, 2.05) is 43.3 Å². The van der Waals surface area contributed by atoms with Crippen LogP contribution in [-0.4, -0.2) is 24.5 Å². The zero-order valence-corrected chi connectivity index (χ0v) is 14.0. The van der Waals surface area contributed by atoms with Crippen LogP contribution in [0.5, 0.6) is 0 Å². The maximum absolute atomic E-state index is 12.8. The summed E-state index contributed by atoms with van der Waals surface area (Å²) in [6.07, 6.45) is 1.07. The van der Waals surface area contributed by atoms with Gasteiger partial charge in [-0.25, -0.2) is 4.79 Å². The summed E-state index contributed by atoms with van der Waals surface area (Å²) in [5, 5.41) is 0. The Hall–Kier alpha value is -2.62. The van der Waals surface area contributed by atoms with Crippen molar-refractivity contribution in [3.63, 3.8) is 0 Å². The highest BCUT2D eigenvalue weighted by molar-refractivity contribution is 6.00. The van der Waals surface area contributed by atoms with Crippen LogP contribution in [0.1, 0.15) is 34.8 Å². The molecule has 2 aromatic carbocycles. The van der Waals surface area contributed by atoms with E-state index in [4.69, 9.17) is 4.74 Å². The molecule has 1 atom stereocenters. The summed E-state index contributed by atoms with van der Waals surface area (Å²) in [7, 11) is 0. The number of hydrogen-bond donors (Lipinski definition) is 0. The number of anilines is 1. The predicted molar refractivity (Wildman–Crippen MR) is 93.2 cm³/mol. The number of ether oxygens (including phenoxy) is 1. The topological polar surface area (TPSA) is 46.6 Å². The minimum atomic E-state index is -0.816. The van der Waals surface area contributed by atoms with Gasteiger partial charge >= 0.3 is 5.97 Å². The zero-order chi connectivity index (χ0) is 17.1. The monoisotopic (exact) mass is 323 g/mol. The number of nitrogens with zero attached hydrogens (tertiary/aromatic N) is 1. The van der Waals surface area contributed by atoms with Gasteiger partial charge in [-0.3, -0.25) is 4.79 Å². The minimum absolute atomic E-state index is 0.177. The summed E-state index contributed by atoms with van der Waals surface area (Å²) in [6.45, 7) is 4.14. The van der Waals surface area contributed by atoms with Crippen molar-refractivity contribution in [2.24, 2.45) is 0 Å². The highest BCUT2D eigenvalue weighted by atomic mass is 16.5. The number of aryl methyl sites for hydroxylation is 2. The molecule has 1 amide bonds. The minimum Gasteiger partial charge on any atom is -0.449 e. The van der Waals surface area contributed by atoms with Crippen LogP contribution in [0.15, 0.2) is 48.5 Å². The standard InChI is InChI=1S/C20H21NO3/c1-14-8-3-5-11-17(14)20(23)24-15(2)19(22)21-13-7-10-16-9-4-6-12-18(16)21/h3-6,8-9,11-12,15H,7,10,13H2,1-2H3. The molecular formula is C20H21NO3. The number of benzene rings is 2. The quantitative estimate of drug-likeness (QED) is 0.812. The third-order valence-corrected chi connectivity index (χ3v) is 4.37. The van der Waals surface area contributed by atoms with Crippen molar-refractivity contribution in [1.82, 2.24) is 0 Å². The number of fused-ring (bicyclic) bond motifs is 1. The Morgan fingerprint density at radius 2 is 1.79 bits per heavy atom. The maximum atomic E-state index is 12.8. The van der Waals surface area contributed by atoms with Gasteiger partial charge in [0.15, 0.2) is 6.10 Å². The van der Waals surface area contributed by atoms with Crippen LogP contribution in [0.25, 0.3) is 0 Å². The van der Waals surface area contributed by atoms with Crippen molar-refractivity contribution in [3.8, 4) is 0 Å². The predicted octanol–water partition coefficient (Wildman–Crippen LogP) is 3.52. The fraction of sp³-hybridized carbons (Fsp3) is 0.300. The molecule has 1 heterocycles. The first kappa shape index (κ1) is 16.2. The van der Waals surface area contributed by atoms with Gasteiger partial charge in [0.1, 0.15) is 0 Å². The van der Waals surface area contributed by atoms with Gasteiger partial charge in [0.05, 0.1) is 5.56 Å². The normalized spacial score (nSPS) is 14.7. The van der Waals surface area contributed by atoms with E-state index in [1.54, 1.807) is 24.0 Å². The van der Waals surface area contributed by atoms with E-state index in [0.717, 1.165) is 29.7 Å². The van der Waals surface area contributed by atoms with Crippen molar-refractivity contribution in [2.45, 2.75) is 32.8 Å². The molecule has 0 saturated heterocycles. The molecule has 0 aliphatic carbocycles. The summed E-state index contributed by atoms with van der Waals surface area (Å²) in [5.41, 5.74) is 3.42. The Labute approximate surface area is 142 Å². The molecule has 0 spiro atoms. The molecule has 124 valence electrons. The Balaban J connectivity index is 1.74. The lowest BCUT2D eigenvalue weighted by Gasteiger charge is -2.31. The van der Waals surface area contributed by atoms with Crippen LogP contribution in [0.2, 0.25) is 0 Å². The number of amides is 1. The van der Waals surface area contributed by atoms with Crippen LogP contribution in [0.4, 0.5) is 5.69 Å². The number of carbonyl (C=O) groups is 2. The molecule has 0 saturated carbocycles. The second-order valence-corrected chi connectivity index (χ2v) is 6.08. The molecule has 24 heavy (non-hydrogen) atoms. The van der Waals surface area contributed by atoms with E-state index in [1.165, 1.54) is 0 Å². The Morgan fingerprint density at radius 1 is 1.08 bits per heavy atom. The zero-order valence-electron chi connectivity index (χ0n) is 14.0. The fourth-order valence-electron chi connectivity index (χ4n) is 3.06. The first-order chi connectivity index (χ1) is 11.6. The van der Waals surface area contributed by atoms with E-state index < -0.39 is 12.1 Å². The van der Waals surface area contributed by atoms with Gasteiger partial charge in [0.25, 0.3) is 5.91 Å². The molecule has 0 aromatic heterocycles. The highest BCUT2D eigenvalue weighted by Gasteiger charge is 2.28. The van der Waals surface area contributed by atoms with E-state index >= 15 is 0 Å². The van der Waals surface area contributed by atoms with Crippen molar-refractivity contribution in [2.75, 3.05) is 11.4 Å². The fourth-order valence-corrected chi connectivity index (χ4v) is 3.06. The number of rotatable bonds is 3. The molecule has 0 fully saturated rings. The Kier molecular flexibility index (Phi) is 4.65. The van der Waals surface area contributed by atoms with Crippen molar-refractivity contribution < 1.29 is 14.3 Å². The molecular weight excluding hydrogens is 302 g/mol. The maximum Gasteiger partial charge on any atom is 0.339 e. The van der Waals surface area contributed by atoms with Crippen LogP contribution in [0.3, 0.4) is 0 Å². The molecule has 3 rings (SSSR count). The lowest BCUT2D eigenvalue weighted by Crippen LogP contribution is -2.42. The van der Waals surface area contributed by atoms with Gasteiger partial charge in [-0.2, -0.15) is 0 Å². The number of esters is 1. The SMILES string of the molecule is Cc1ccccc1C(=O)OC(C)C(=O)N1CCCc2ccccc21. The first-order valence-electron chi connectivity index (χ1n) is 8.24. The van der Waals surface area contributed by atoms with E-state index in [9.17, 15) is 9.59 Å². The molecule has 1 aliphatic rings. The van der Waals surface area contributed by atoms with Crippen LogP contribution >= 0.6 is 0 Å².